The minimum absolute atomic E-state index is 0.0351. The Morgan fingerprint density at radius 2 is 2.21 bits per heavy atom. The number of hydrogen-bond acceptors (Lipinski definition) is 4. The molecular weight excluding hydrogens is 240 g/mol. The molecule has 1 aromatic carbocycles. The number of carbonyl (C=O) groups excluding carboxylic acids is 1. The average molecular weight is 262 g/mol. The second-order valence-electron chi connectivity index (χ2n) is 5.45. The third-order valence-corrected chi connectivity index (χ3v) is 3.67. The van der Waals surface area contributed by atoms with Gasteiger partial charge in [0.2, 0.25) is 0 Å². The Kier molecular flexibility index (Phi) is 3.95. The number of amides is 1. The molecule has 1 atom stereocenters. The number of carbonyl (C=O) groups is 1. The number of rotatable bonds is 3. The van der Waals surface area contributed by atoms with E-state index in [-0.39, 0.29) is 5.91 Å². The minimum Gasteiger partial charge on any atom is -0.399 e. The highest BCUT2D eigenvalue weighted by Crippen LogP contribution is 2.20. The van der Waals surface area contributed by atoms with Crippen LogP contribution in [0.5, 0.6) is 0 Å². The summed E-state index contributed by atoms with van der Waals surface area (Å²) in [5, 5.41) is 0. The predicted molar refractivity (Wildman–Crippen MR) is 77.8 cm³/mol. The Morgan fingerprint density at radius 1 is 1.47 bits per heavy atom. The standard InChI is InChI=1S/C14H22N4O/c1-17-6-5-10(8-17)9-18(2)14(19)12-4-3-11(15)7-13(12)16/h3-4,7,10H,5-6,8-9,15-16H2,1-2H3. The number of likely N-dealkylation sites (tertiary alicyclic amines) is 1. The van der Waals surface area contributed by atoms with Crippen LogP contribution in [0.25, 0.3) is 0 Å². The fourth-order valence-electron chi connectivity index (χ4n) is 2.63. The smallest absolute Gasteiger partial charge is 0.255 e. The number of benzene rings is 1. The van der Waals surface area contributed by atoms with Crippen LogP contribution in [0.2, 0.25) is 0 Å². The summed E-state index contributed by atoms with van der Waals surface area (Å²) in [4.78, 5) is 16.4. The van der Waals surface area contributed by atoms with Gasteiger partial charge in [0.1, 0.15) is 0 Å². The SMILES string of the molecule is CN1CCC(CN(C)C(=O)c2ccc(N)cc2N)C1. The van der Waals surface area contributed by atoms with Gasteiger partial charge < -0.3 is 21.3 Å². The van der Waals surface area contributed by atoms with Crippen molar-refractivity contribution in [3.8, 4) is 0 Å². The first kappa shape index (κ1) is 13.7. The topological polar surface area (TPSA) is 75.6 Å². The first-order valence-electron chi connectivity index (χ1n) is 6.56. The zero-order valence-corrected chi connectivity index (χ0v) is 11.6. The molecule has 1 heterocycles. The molecular formula is C14H22N4O. The molecule has 1 unspecified atom stereocenters. The summed E-state index contributed by atoms with van der Waals surface area (Å²) in [6.45, 7) is 2.93. The van der Waals surface area contributed by atoms with E-state index in [9.17, 15) is 4.79 Å². The van der Waals surface area contributed by atoms with Crippen molar-refractivity contribution in [2.24, 2.45) is 5.92 Å². The maximum Gasteiger partial charge on any atom is 0.255 e. The highest BCUT2D eigenvalue weighted by Gasteiger charge is 2.23. The van der Waals surface area contributed by atoms with E-state index in [0.717, 1.165) is 26.1 Å². The molecule has 0 spiro atoms. The Morgan fingerprint density at radius 3 is 2.79 bits per heavy atom. The molecule has 1 aliphatic rings. The van der Waals surface area contributed by atoms with Crippen LogP contribution in [-0.2, 0) is 0 Å². The average Bonchev–Trinajstić information content (AvgIpc) is 2.74. The van der Waals surface area contributed by atoms with Crippen molar-refractivity contribution in [3.05, 3.63) is 23.8 Å². The van der Waals surface area contributed by atoms with Gasteiger partial charge in [0, 0.05) is 31.5 Å². The maximum absolute atomic E-state index is 12.3. The third kappa shape index (κ3) is 3.17. The van der Waals surface area contributed by atoms with Gasteiger partial charge >= 0.3 is 0 Å². The zero-order valence-electron chi connectivity index (χ0n) is 11.6. The van der Waals surface area contributed by atoms with Crippen molar-refractivity contribution in [2.75, 3.05) is 45.2 Å². The van der Waals surface area contributed by atoms with Crippen LogP contribution in [0.1, 0.15) is 16.8 Å². The van der Waals surface area contributed by atoms with Crippen molar-refractivity contribution in [1.29, 1.82) is 0 Å². The lowest BCUT2D eigenvalue weighted by Gasteiger charge is -2.22. The molecule has 104 valence electrons. The lowest BCUT2D eigenvalue weighted by Crippen LogP contribution is -2.33. The second-order valence-corrected chi connectivity index (χ2v) is 5.45. The molecule has 1 fully saturated rings. The zero-order chi connectivity index (χ0) is 14.0. The fourth-order valence-corrected chi connectivity index (χ4v) is 2.63. The summed E-state index contributed by atoms with van der Waals surface area (Å²) in [6.07, 6.45) is 1.14. The molecule has 19 heavy (non-hydrogen) atoms. The number of nitrogens with two attached hydrogens (primary N) is 2. The Labute approximate surface area is 114 Å². The molecule has 0 saturated carbocycles. The van der Waals surface area contributed by atoms with Gasteiger partial charge in [-0.25, -0.2) is 0 Å². The summed E-state index contributed by atoms with van der Waals surface area (Å²) >= 11 is 0. The van der Waals surface area contributed by atoms with Crippen LogP contribution < -0.4 is 11.5 Å². The molecule has 1 amide bonds. The van der Waals surface area contributed by atoms with E-state index in [0.29, 0.717) is 22.9 Å². The van der Waals surface area contributed by atoms with Crippen LogP contribution >= 0.6 is 0 Å². The van der Waals surface area contributed by atoms with Gasteiger partial charge in [0.15, 0.2) is 0 Å². The summed E-state index contributed by atoms with van der Waals surface area (Å²) < 4.78 is 0. The summed E-state index contributed by atoms with van der Waals surface area (Å²) in [5.41, 5.74) is 13.0. The molecule has 0 aliphatic carbocycles. The predicted octanol–water partition coefficient (Wildman–Crippen LogP) is 0.875. The first-order valence-corrected chi connectivity index (χ1v) is 6.56. The number of anilines is 2. The summed E-state index contributed by atoms with van der Waals surface area (Å²) in [7, 11) is 3.94. The summed E-state index contributed by atoms with van der Waals surface area (Å²) in [6, 6.07) is 5.04. The van der Waals surface area contributed by atoms with Gasteiger partial charge in [-0.1, -0.05) is 0 Å². The van der Waals surface area contributed by atoms with E-state index in [1.54, 1.807) is 23.1 Å². The van der Waals surface area contributed by atoms with Gasteiger partial charge in [-0.15, -0.1) is 0 Å². The van der Waals surface area contributed by atoms with Crippen molar-refractivity contribution < 1.29 is 4.79 Å². The number of hydrogen-bond donors (Lipinski definition) is 2. The molecule has 4 N–H and O–H groups in total. The molecule has 5 heteroatoms. The monoisotopic (exact) mass is 262 g/mol. The highest BCUT2D eigenvalue weighted by atomic mass is 16.2. The van der Waals surface area contributed by atoms with Crippen LogP contribution in [-0.4, -0.2) is 49.4 Å². The molecule has 0 aromatic heterocycles. The van der Waals surface area contributed by atoms with E-state index in [1.807, 2.05) is 7.05 Å². The van der Waals surface area contributed by atoms with E-state index < -0.39 is 0 Å². The normalized spacial score (nSPS) is 19.6. The molecule has 0 radical (unpaired) electrons. The molecule has 1 saturated heterocycles. The number of nitrogens with zero attached hydrogens (tertiary/aromatic N) is 2. The van der Waals surface area contributed by atoms with E-state index in [4.69, 9.17) is 11.5 Å². The van der Waals surface area contributed by atoms with E-state index >= 15 is 0 Å². The molecule has 5 nitrogen and oxygen atoms in total. The lowest BCUT2D eigenvalue weighted by molar-refractivity contribution is 0.0775. The van der Waals surface area contributed by atoms with Crippen molar-refractivity contribution >= 4 is 17.3 Å². The summed E-state index contributed by atoms with van der Waals surface area (Å²) in [5.74, 6) is 0.515. The maximum atomic E-state index is 12.3. The molecule has 2 rings (SSSR count). The van der Waals surface area contributed by atoms with Crippen molar-refractivity contribution in [2.45, 2.75) is 6.42 Å². The largest absolute Gasteiger partial charge is 0.399 e. The van der Waals surface area contributed by atoms with Gasteiger partial charge in [0.05, 0.1) is 5.56 Å². The van der Waals surface area contributed by atoms with E-state index in [2.05, 4.69) is 11.9 Å². The molecule has 1 aromatic rings. The lowest BCUT2D eigenvalue weighted by atomic mass is 10.1. The number of nitrogen functional groups attached to an aromatic ring is 2. The van der Waals surface area contributed by atoms with Crippen molar-refractivity contribution in [1.82, 2.24) is 9.80 Å². The third-order valence-electron chi connectivity index (χ3n) is 3.67. The molecule has 0 bridgehead atoms. The highest BCUT2D eigenvalue weighted by molar-refractivity contribution is 5.99. The van der Waals surface area contributed by atoms with Gasteiger partial charge in [-0.2, -0.15) is 0 Å². The first-order chi connectivity index (χ1) is 8.97. The van der Waals surface area contributed by atoms with Gasteiger partial charge in [-0.3, -0.25) is 4.79 Å². The minimum atomic E-state index is -0.0351. The van der Waals surface area contributed by atoms with Crippen LogP contribution in [0.3, 0.4) is 0 Å². The second kappa shape index (κ2) is 5.48. The quantitative estimate of drug-likeness (QED) is 0.793. The van der Waals surface area contributed by atoms with Gasteiger partial charge in [-0.05, 0) is 44.1 Å². The Bertz CT molecular complexity index is 475. The van der Waals surface area contributed by atoms with Crippen molar-refractivity contribution in [3.63, 3.8) is 0 Å². The molecule has 1 aliphatic heterocycles. The van der Waals surface area contributed by atoms with Crippen LogP contribution in [0.4, 0.5) is 11.4 Å². The van der Waals surface area contributed by atoms with E-state index in [1.165, 1.54) is 0 Å². The Hall–Kier alpha value is -1.75. The van der Waals surface area contributed by atoms with Crippen LogP contribution in [0, 0.1) is 5.92 Å². The van der Waals surface area contributed by atoms with Crippen LogP contribution in [0.15, 0.2) is 18.2 Å². The Balaban J connectivity index is 2.02. The van der Waals surface area contributed by atoms with Gasteiger partial charge in [0.25, 0.3) is 5.91 Å². The fraction of sp³-hybridized carbons (Fsp3) is 0.500.